The van der Waals surface area contributed by atoms with Crippen LogP contribution in [-0.2, 0) is 14.6 Å². The summed E-state index contributed by atoms with van der Waals surface area (Å²) >= 11 is 0. The van der Waals surface area contributed by atoms with Crippen LogP contribution in [0.2, 0.25) is 0 Å². The van der Waals surface area contributed by atoms with Crippen molar-refractivity contribution in [3.05, 3.63) is 36.7 Å². The molecule has 8 nitrogen and oxygen atoms in total. The second-order valence-electron chi connectivity index (χ2n) is 7.50. The van der Waals surface area contributed by atoms with Gasteiger partial charge in [-0.1, -0.05) is 6.92 Å². The van der Waals surface area contributed by atoms with E-state index >= 15 is 0 Å². The third-order valence-electron chi connectivity index (χ3n) is 5.34. The molecule has 4 rings (SSSR count). The minimum atomic E-state index is -3.36. The molecule has 0 saturated carbocycles. The Balaban J connectivity index is 1.58. The fourth-order valence-electron chi connectivity index (χ4n) is 3.76. The van der Waals surface area contributed by atoms with Gasteiger partial charge >= 0.3 is 0 Å². The number of nitrogens with zero attached hydrogens (tertiary/aromatic N) is 3. The molecule has 1 aromatic heterocycles. The summed E-state index contributed by atoms with van der Waals surface area (Å²) in [6, 6.07) is 7.23. The van der Waals surface area contributed by atoms with Gasteiger partial charge in [0.1, 0.15) is 24.2 Å². The van der Waals surface area contributed by atoms with E-state index in [1.807, 2.05) is 34.9 Å². The van der Waals surface area contributed by atoms with Crippen molar-refractivity contribution in [2.75, 3.05) is 37.4 Å². The van der Waals surface area contributed by atoms with E-state index in [-0.39, 0.29) is 16.9 Å². The van der Waals surface area contributed by atoms with Crippen LogP contribution in [0, 0.1) is 0 Å². The average molecular weight is 432 g/mol. The molecule has 9 heteroatoms. The maximum absolute atomic E-state index is 11.9. The molecule has 1 atom stereocenters. The zero-order chi connectivity index (χ0) is 21.3. The van der Waals surface area contributed by atoms with Crippen molar-refractivity contribution in [3.8, 4) is 11.5 Å². The van der Waals surface area contributed by atoms with Crippen LogP contribution in [0.15, 0.2) is 41.6 Å². The minimum absolute atomic E-state index is 0.0493. The number of anilines is 2. The molecule has 1 amide bonds. The normalized spacial score (nSPS) is 18.7. The lowest BCUT2D eigenvalue weighted by atomic mass is 10.2. The highest BCUT2D eigenvalue weighted by molar-refractivity contribution is 7.90. The summed E-state index contributed by atoms with van der Waals surface area (Å²) in [5, 5.41) is 0. The number of rotatable bonds is 5. The predicted octanol–water partition coefficient (Wildman–Crippen LogP) is 2.41. The van der Waals surface area contributed by atoms with Gasteiger partial charge < -0.3 is 19.3 Å². The van der Waals surface area contributed by atoms with E-state index in [9.17, 15) is 13.2 Å². The maximum Gasteiger partial charge on any atom is 0.222 e. The Morgan fingerprint density at radius 3 is 2.87 bits per heavy atom. The molecule has 2 aliphatic rings. The number of pyridine rings is 1. The molecule has 3 heterocycles. The van der Waals surface area contributed by atoms with Crippen LogP contribution in [0.25, 0.3) is 0 Å². The van der Waals surface area contributed by atoms with Crippen LogP contribution in [0.4, 0.5) is 11.4 Å². The number of aromatic nitrogens is 1. The Morgan fingerprint density at radius 1 is 1.27 bits per heavy atom. The second-order valence-corrected chi connectivity index (χ2v) is 9.52. The predicted molar refractivity (Wildman–Crippen MR) is 112 cm³/mol. The van der Waals surface area contributed by atoms with E-state index in [0.717, 1.165) is 12.1 Å². The molecular formula is C21H25N3O5S. The molecule has 2 aromatic rings. The highest BCUT2D eigenvalue weighted by Crippen LogP contribution is 2.39. The second kappa shape index (κ2) is 8.14. The van der Waals surface area contributed by atoms with Crippen LogP contribution < -0.4 is 14.4 Å². The summed E-state index contributed by atoms with van der Waals surface area (Å²) in [5.74, 6) is 1.53. The first kappa shape index (κ1) is 20.5. The first-order valence-corrected chi connectivity index (χ1v) is 11.9. The fourth-order valence-corrected chi connectivity index (χ4v) is 4.35. The number of sulfone groups is 1. The molecule has 0 aliphatic carbocycles. The molecule has 0 bridgehead atoms. The van der Waals surface area contributed by atoms with Crippen LogP contribution in [0.1, 0.15) is 19.8 Å². The van der Waals surface area contributed by atoms with Crippen LogP contribution in [0.5, 0.6) is 11.5 Å². The molecule has 30 heavy (non-hydrogen) atoms. The Labute approximate surface area is 176 Å². The number of hydrogen-bond acceptors (Lipinski definition) is 7. The number of benzene rings is 1. The molecule has 0 N–H and O–H groups in total. The van der Waals surface area contributed by atoms with Gasteiger partial charge in [-0.2, -0.15) is 0 Å². The van der Waals surface area contributed by atoms with Gasteiger partial charge in [-0.3, -0.25) is 9.78 Å². The van der Waals surface area contributed by atoms with Gasteiger partial charge in [-0.05, 0) is 18.2 Å². The van der Waals surface area contributed by atoms with Gasteiger partial charge in [0.25, 0.3) is 0 Å². The number of likely N-dealkylation sites (tertiary alicyclic amines) is 1. The quantitative estimate of drug-likeness (QED) is 0.718. The molecular weight excluding hydrogens is 406 g/mol. The summed E-state index contributed by atoms with van der Waals surface area (Å²) < 4.78 is 35.8. The molecule has 2 aliphatic heterocycles. The van der Waals surface area contributed by atoms with Crippen molar-refractivity contribution >= 4 is 27.1 Å². The van der Waals surface area contributed by atoms with E-state index < -0.39 is 9.84 Å². The molecule has 1 saturated heterocycles. The van der Waals surface area contributed by atoms with Gasteiger partial charge in [-0.25, -0.2) is 8.42 Å². The average Bonchev–Trinajstić information content (AvgIpc) is 3.20. The maximum atomic E-state index is 11.9. The summed E-state index contributed by atoms with van der Waals surface area (Å²) in [6.07, 6.45) is 5.40. The van der Waals surface area contributed by atoms with Crippen LogP contribution in [0.3, 0.4) is 0 Å². The molecule has 1 aromatic carbocycles. The summed E-state index contributed by atoms with van der Waals surface area (Å²) in [4.78, 5) is 20.0. The largest absolute Gasteiger partial charge is 0.490 e. The summed E-state index contributed by atoms with van der Waals surface area (Å²) in [6.45, 7) is 4.20. The SMILES string of the molecule is CCC(=O)N1CCC(Oc2ccc3c(c2)N(c2cncc(S(C)(=O)=O)c2)CCO3)C1. The van der Waals surface area contributed by atoms with E-state index in [1.54, 1.807) is 12.3 Å². The first-order valence-electron chi connectivity index (χ1n) is 9.99. The number of carbonyl (C=O) groups excluding carboxylic acids is 1. The van der Waals surface area contributed by atoms with E-state index in [0.29, 0.717) is 49.8 Å². The highest BCUT2D eigenvalue weighted by atomic mass is 32.2. The molecule has 160 valence electrons. The Bertz CT molecular complexity index is 1060. The summed E-state index contributed by atoms with van der Waals surface area (Å²) in [7, 11) is -3.36. The third kappa shape index (κ3) is 4.21. The van der Waals surface area contributed by atoms with Gasteiger partial charge in [-0.15, -0.1) is 0 Å². The Morgan fingerprint density at radius 2 is 2.10 bits per heavy atom. The zero-order valence-electron chi connectivity index (χ0n) is 17.1. The van der Waals surface area contributed by atoms with E-state index in [2.05, 4.69) is 4.98 Å². The number of hydrogen-bond donors (Lipinski definition) is 0. The highest BCUT2D eigenvalue weighted by Gasteiger charge is 2.28. The zero-order valence-corrected chi connectivity index (χ0v) is 17.9. The first-order chi connectivity index (χ1) is 14.3. The van der Waals surface area contributed by atoms with Crippen molar-refractivity contribution < 1.29 is 22.7 Å². The molecule has 1 fully saturated rings. The third-order valence-corrected chi connectivity index (χ3v) is 6.41. The Hall–Kier alpha value is -2.81. The lowest BCUT2D eigenvalue weighted by molar-refractivity contribution is -0.130. The van der Waals surface area contributed by atoms with Gasteiger partial charge in [0.2, 0.25) is 5.91 Å². The lowest BCUT2D eigenvalue weighted by Gasteiger charge is -2.31. The molecule has 0 spiro atoms. The Kier molecular flexibility index (Phi) is 5.55. The van der Waals surface area contributed by atoms with Crippen molar-refractivity contribution in [2.45, 2.75) is 30.8 Å². The minimum Gasteiger partial charge on any atom is -0.490 e. The smallest absolute Gasteiger partial charge is 0.222 e. The van der Waals surface area contributed by atoms with Gasteiger partial charge in [0.15, 0.2) is 9.84 Å². The molecule has 1 unspecified atom stereocenters. The van der Waals surface area contributed by atoms with Gasteiger partial charge in [0, 0.05) is 37.9 Å². The van der Waals surface area contributed by atoms with Crippen molar-refractivity contribution in [1.29, 1.82) is 0 Å². The standard InChI is InChI=1S/C21H25N3O5S/c1-3-21(25)23-7-6-17(14-23)29-16-4-5-20-19(11-16)24(8-9-28-20)15-10-18(13-22-12-15)30(2,26)27/h4-5,10-13,17H,3,6-9,14H2,1-2H3. The lowest BCUT2D eigenvalue weighted by Crippen LogP contribution is -2.30. The number of fused-ring (bicyclic) bond motifs is 1. The topological polar surface area (TPSA) is 89.0 Å². The van der Waals surface area contributed by atoms with Crippen molar-refractivity contribution in [2.24, 2.45) is 0 Å². The van der Waals surface area contributed by atoms with E-state index in [4.69, 9.17) is 9.47 Å². The van der Waals surface area contributed by atoms with Crippen molar-refractivity contribution in [3.63, 3.8) is 0 Å². The monoisotopic (exact) mass is 431 g/mol. The van der Waals surface area contributed by atoms with Gasteiger partial charge in [0.05, 0.1) is 35.6 Å². The number of carbonyl (C=O) groups is 1. The van der Waals surface area contributed by atoms with E-state index in [1.165, 1.54) is 12.5 Å². The molecule has 0 radical (unpaired) electrons. The number of amides is 1. The van der Waals surface area contributed by atoms with Crippen molar-refractivity contribution in [1.82, 2.24) is 9.88 Å². The van der Waals surface area contributed by atoms with Crippen LogP contribution >= 0.6 is 0 Å². The fraction of sp³-hybridized carbons (Fsp3) is 0.429. The van der Waals surface area contributed by atoms with Crippen LogP contribution in [-0.4, -0.2) is 62.8 Å². The summed E-state index contributed by atoms with van der Waals surface area (Å²) in [5.41, 5.74) is 1.48. The number of ether oxygens (including phenoxy) is 2.